The highest BCUT2D eigenvalue weighted by atomic mass is 35.5. The summed E-state index contributed by atoms with van der Waals surface area (Å²) in [5.41, 5.74) is 0.945. The second kappa shape index (κ2) is 7.90. The molecule has 1 heterocycles. The summed E-state index contributed by atoms with van der Waals surface area (Å²) in [6.45, 7) is 3.96. The van der Waals surface area contributed by atoms with E-state index in [-0.39, 0.29) is 6.04 Å². The Kier molecular flexibility index (Phi) is 5.77. The normalized spacial score (nSPS) is 15.3. The first-order valence-electron chi connectivity index (χ1n) is 8.90. The molecule has 2 N–H and O–H groups in total. The van der Waals surface area contributed by atoms with Gasteiger partial charge in [-0.2, -0.15) is 5.10 Å². The number of aromatic nitrogens is 2. The molecule has 0 spiro atoms. The molecule has 2 amide bonds. The van der Waals surface area contributed by atoms with E-state index in [0.29, 0.717) is 22.2 Å². The Morgan fingerprint density at radius 2 is 2.00 bits per heavy atom. The molecule has 144 valence electrons. The summed E-state index contributed by atoms with van der Waals surface area (Å²) < 4.78 is 1.71. The summed E-state index contributed by atoms with van der Waals surface area (Å²) in [6, 6.07) is 5.49. The van der Waals surface area contributed by atoms with Gasteiger partial charge in [0.05, 0.1) is 11.9 Å². The van der Waals surface area contributed by atoms with Crippen molar-refractivity contribution < 1.29 is 9.59 Å². The first kappa shape index (κ1) is 19.7. The Morgan fingerprint density at radius 3 is 2.56 bits per heavy atom. The first-order chi connectivity index (χ1) is 12.8. The lowest BCUT2D eigenvalue weighted by atomic mass is 9.72. The van der Waals surface area contributed by atoms with Crippen LogP contribution in [0.15, 0.2) is 30.6 Å². The van der Waals surface area contributed by atoms with Crippen molar-refractivity contribution in [3.8, 4) is 0 Å². The second-order valence-corrected chi connectivity index (χ2v) is 8.10. The standard InChI is InChI=1S/C19H22Cl2N4O2/c1-12(2)25-11-15(10-22-25)23-17(26)18(27)24-19(6-3-7-19)9-13-4-5-14(20)8-16(13)21/h4-5,8,10-12H,3,6-7,9H2,1-2H3,(H,23,26)(H,24,27). The molecule has 1 aliphatic carbocycles. The zero-order valence-corrected chi connectivity index (χ0v) is 16.8. The van der Waals surface area contributed by atoms with Crippen LogP contribution in [0.5, 0.6) is 0 Å². The lowest BCUT2D eigenvalue weighted by Gasteiger charge is -2.42. The number of hydrogen-bond acceptors (Lipinski definition) is 3. The van der Waals surface area contributed by atoms with E-state index in [4.69, 9.17) is 23.2 Å². The quantitative estimate of drug-likeness (QED) is 0.734. The zero-order valence-electron chi connectivity index (χ0n) is 15.3. The van der Waals surface area contributed by atoms with Gasteiger partial charge in [0.1, 0.15) is 0 Å². The van der Waals surface area contributed by atoms with E-state index in [1.54, 1.807) is 23.0 Å². The highest BCUT2D eigenvalue weighted by molar-refractivity contribution is 6.39. The fraction of sp³-hybridized carbons (Fsp3) is 0.421. The van der Waals surface area contributed by atoms with Crippen molar-refractivity contribution in [2.24, 2.45) is 0 Å². The molecule has 0 atom stereocenters. The van der Waals surface area contributed by atoms with Gasteiger partial charge in [-0.3, -0.25) is 14.3 Å². The van der Waals surface area contributed by atoms with Crippen LogP contribution in [0.1, 0.15) is 44.7 Å². The van der Waals surface area contributed by atoms with Crippen molar-refractivity contribution in [3.63, 3.8) is 0 Å². The van der Waals surface area contributed by atoms with Crippen LogP contribution in [0.3, 0.4) is 0 Å². The van der Waals surface area contributed by atoms with Crippen LogP contribution in [0, 0.1) is 0 Å². The summed E-state index contributed by atoms with van der Waals surface area (Å²) in [5.74, 6) is -1.36. The summed E-state index contributed by atoms with van der Waals surface area (Å²) in [5, 5.41) is 10.8. The minimum absolute atomic E-state index is 0.173. The van der Waals surface area contributed by atoms with Crippen LogP contribution < -0.4 is 10.6 Å². The number of rotatable bonds is 5. The first-order valence-corrected chi connectivity index (χ1v) is 9.65. The molecular weight excluding hydrogens is 387 g/mol. The van der Waals surface area contributed by atoms with Crippen molar-refractivity contribution in [1.29, 1.82) is 0 Å². The van der Waals surface area contributed by atoms with Gasteiger partial charge in [0, 0.05) is 27.8 Å². The number of benzene rings is 1. The fourth-order valence-electron chi connectivity index (χ4n) is 3.15. The Morgan fingerprint density at radius 1 is 1.26 bits per heavy atom. The Labute approximate surface area is 168 Å². The highest BCUT2D eigenvalue weighted by Crippen LogP contribution is 2.37. The van der Waals surface area contributed by atoms with Gasteiger partial charge < -0.3 is 10.6 Å². The van der Waals surface area contributed by atoms with Crippen LogP contribution in [-0.4, -0.2) is 27.1 Å². The SMILES string of the molecule is CC(C)n1cc(NC(=O)C(=O)NC2(Cc3ccc(Cl)cc3Cl)CCC2)cn1. The third-order valence-corrected chi connectivity index (χ3v) is 5.41. The van der Waals surface area contributed by atoms with Crippen LogP contribution in [0.25, 0.3) is 0 Å². The number of nitrogens with one attached hydrogen (secondary N) is 2. The van der Waals surface area contributed by atoms with Crippen molar-refractivity contribution in [1.82, 2.24) is 15.1 Å². The van der Waals surface area contributed by atoms with E-state index in [1.807, 2.05) is 19.9 Å². The monoisotopic (exact) mass is 408 g/mol. The molecule has 1 aromatic carbocycles. The summed E-state index contributed by atoms with van der Waals surface area (Å²) in [7, 11) is 0. The Bertz CT molecular complexity index is 859. The maximum atomic E-state index is 12.4. The predicted octanol–water partition coefficient (Wildman–Crippen LogP) is 3.99. The minimum Gasteiger partial charge on any atom is -0.342 e. The average molecular weight is 409 g/mol. The van der Waals surface area contributed by atoms with Gasteiger partial charge in [-0.1, -0.05) is 29.3 Å². The molecule has 1 fully saturated rings. The zero-order chi connectivity index (χ0) is 19.6. The second-order valence-electron chi connectivity index (χ2n) is 7.26. The number of hydrogen-bond donors (Lipinski definition) is 2. The molecule has 1 aliphatic rings. The molecule has 0 bridgehead atoms. The van der Waals surface area contributed by atoms with Crippen molar-refractivity contribution in [2.75, 3.05) is 5.32 Å². The third-order valence-electron chi connectivity index (χ3n) is 4.83. The number of amides is 2. The van der Waals surface area contributed by atoms with E-state index in [2.05, 4.69) is 15.7 Å². The highest BCUT2D eigenvalue weighted by Gasteiger charge is 2.40. The van der Waals surface area contributed by atoms with Crippen LogP contribution >= 0.6 is 23.2 Å². The fourth-order valence-corrected chi connectivity index (χ4v) is 3.62. The van der Waals surface area contributed by atoms with Crippen LogP contribution in [-0.2, 0) is 16.0 Å². The van der Waals surface area contributed by atoms with E-state index in [1.165, 1.54) is 6.20 Å². The van der Waals surface area contributed by atoms with E-state index in [9.17, 15) is 9.59 Å². The Balaban J connectivity index is 1.64. The van der Waals surface area contributed by atoms with Crippen molar-refractivity contribution in [3.05, 3.63) is 46.2 Å². The van der Waals surface area contributed by atoms with Crippen LogP contribution in [0.2, 0.25) is 10.0 Å². The largest absolute Gasteiger partial charge is 0.342 e. The molecule has 0 aliphatic heterocycles. The summed E-state index contributed by atoms with van der Waals surface area (Å²) in [6.07, 6.45) is 6.38. The van der Waals surface area contributed by atoms with Gasteiger partial charge in [0.15, 0.2) is 0 Å². The van der Waals surface area contributed by atoms with Gasteiger partial charge in [-0.05, 0) is 57.2 Å². The smallest absolute Gasteiger partial charge is 0.313 e. The number of carbonyl (C=O) groups is 2. The molecule has 1 saturated carbocycles. The molecule has 0 saturated heterocycles. The van der Waals surface area contributed by atoms with Crippen molar-refractivity contribution >= 4 is 40.7 Å². The number of carbonyl (C=O) groups excluding carboxylic acids is 2. The lowest BCUT2D eigenvalue weighted by Crippen LogP contribution is -2.57. The third kappa shape index (κ3) is 4.62. The molecule has 8 heteroatoms. The molecule has 27 heavy (non-hydrogen) atoms. The van der Waals surface area contributed by atoms with Gasteiger partial charge in [0.25, 0.3) is 0 Å². The average Bonchev–Trinajstić information content (AvgIpc) is 3.03. The maximum absolute atomic E-state index is 12.4. The van der Waals surface area contributed by atoms with Gasteiger partial charge >= 0.3 is 11.8 Å². The summed E-state index contributed by atoms with van der Waals surface area (Å²) in [4.78, 5) is 24.7. The molecule has 2 aromatic rings. The number of halogens is 2. The lowest BCUT2D eigenvalue weighted by molar-refractivity contribution is -0.138. The van der Waals surface area contributed by atoms with Crippen molar-refractivity contribution in [2.45, 2.75) is 51.1 Å². The molecule has 6 nitrogen and oxygen atoms in total. The molecule has 0 unspecified atom stereocenters. The van der Waals surface area contributed by atoms with E-state index < -0.39 is 17.4 Å². The van der Waals surface area contributed by atoms with Gasteiger partial charge in [-0.15, -0.1) is 0 Å². The molecule has 3 rings (SSSR count). The number of anilines is 1. The Hall–Kier alpha value is -2.05. The summed E-state index contributed by atoms with van der Waals surface area (Å²) >= 11 is 12.2. The molecule has 0 radical (unpaired) electrons. The maximum Gasteiger partial charge on any atom is 0.313 e. The van der Waals surface area contributed by atoms with E-state index >= 15 is 0 Å². The minimum atomic E-state index is -0.702. The molecular formula is C19H22Cl2N4O2. The van der Waals surface area contributed by atoms with Gasteiger partial charge in [-0.25, -0.2) is 0 Å². The van der Waals surface area contributed by atoms with E-state index in [0.717, 1.165) is 24.8 Å². The van der Waals surface area contributed by atoms with Gasteiger partial charge in [0.2, 0.25) is 0 Å². The molecule has 1 aromatic heterocycles. The predicted molar refractivity (Wildman–Crippen MR) is 106 cm³/mol. The number of nitrogens with zero attached hydrogens (tertiary/aromatic N) is 2. The van der Waals surface area contributed by atoms with Crippen LogP contribution in [0.4, 0.5) is 5.69 Å². The topological polar surface area (TPSA) is 76.0 Å².